The summed E-state index contributed by atoms with van der Waals surface area (Å²) < 4.78 is 11.9. The number of benzene rings is 1. The number of ketones is 1. The summed E-state index contributed by atoms with van der Waals surface area (Å²) in [7, 11) is -1.22. The molecule has 0 N–H and O–H groups in total. The van der Waals surface area contributed by atoms with Crippen molar-refractivity contribution in [2.75, 3.05) is 0 Å². The normalized spacial score (nSPS) is 26.8. The molecule has 0 aromatic heterocycles. The zero-order chi connectivity index (χ0) is 12.5. The summed E-state index contributed by atoms with van der Waals surface area (Å²) in [4.78, 5) is 12.8. The Morgan fingerprint density at radius 1 is 1.18 bits per heavy atom. The van der Waals surface area contributed by atoms with E-state index in [1.165, 1.54) is 0 Å². The lowest BCUT2D eigenvalue weighted by Gasteiger charge is -2.31. The summed E-state index contributed by atoms with van der Waals surface area (Å²) in [6.45, 7) is 3.85. The number of carbonyl (C=O) groups excluding carboxylic acids is 1. The minimum Gasteiger partial charge on any atom is -0.298 e. The monoisotopic (exact) mass is 250 g/mol. The van der Waals surface area contributed by atoms with E-state index in [4.69, 9.17) is 0 Å². The van der Waals surface area contributed by atoms with Gasteiger partial charge in [0.1, 0.15) is 4.75 Å². The van der Waals surface area contributed by atoms with Crippen LogP contribution in [0.25, 0.3) is 0 Å². The highest BCUT2D eigenvalue weighted by Gasteiger charge is 2.41. The fourth-order valence-electron chi connectivity index (χ4n) is 2.27. The largest absolute Gasteiger partial charge is 0.298 e. The number of carbonyl (C=O) groups is 1. The molecule has 2 rings (SSSR count). The molecule has 0 amide bonds. The number of Topliss-reactive ketones (excluding diaryl/α,β-unsaturated/α-hetero) is 1. The van der Waals surface area contributed by atoms with E-state index in [0.717, 1.165) is 29.7 Å². The molecule has 92 valence electrons. The van der Waals surface area contributed by atoms with Crippen molar-refractivity contribution in [2.24, 2.45) is 0 Å². The smallest absolute Gasteiger partial charge is 0.151 e. The van der Waals surface area contributed by atoms with Crippen molar-refractivity contribution in [3.8, 4) is 0 Å². The van der Waals surface area contributed by atoms with E-state index in [0.29, 0.717) is 6.42 Å². The molecule has 0 radical (unpaired) electrons. The molecule has 2 unspecified atom stereocenters. The molecule has 0 bridgehead atoms. The highest BCUT2D eigenvalue weighted by Crippen LogP contribution is 2.33. The van der Waals surface area contributed by atoms with Crippen molar-refractivity contribution in [3.63, 3.8) is 0 Å². The summed E-state index contributed by atoms with van der Waals surface area (Å²) in [5.41, 5.74) is 1.14. The van der Waals surface area contributed by atoms with E-state index in [-0.39, 0.29) is 5.78 Å². The highest BCUT2D eigenvalue weighted by molar-refractivity contribution is 7.87. The maximum absolute atomic E-state index is 12.5. The first-order valence-corrected chi connectivity index (χ1v) is 7.21. The lowest BCUT2D eigenvalue weighted by Crippen LogP contribution is -2.42. The van der Waals surface area contributed by atoms with Crippen molar-refractivity contribution in [1.29, 1.82) is 0 Å². The van der Waals surface area contributed by atoms with Gasteiger partial charge in [-0.15, -0.1) is 0 Å². The Morgan fingerprint density at radius 3 is 2.41 bits per heavy atom. The van der Waals surface area contributed by atoms with Gasteiger partial charge >= 0.3 is 0 Å². The standard InChI is InChI=1S/C14H18O2S/c1-11-6-8-12(9-7-11)17(16)14(2)10-4-3-5-13(14)15/h6-9H,3-5,10H2,1-2H3. The molecule has 1 aromatic carbocycles. The average Bonchev–Trinajstić information content (AvgIpc) is 2.33. The van der Waals surface area contributed by atoms with Gasteiger partial charge < -0.3 is 0 Å². The summed E-state index contributed by atoms with van der Waals surface area (Å²) >= 11 is 0. The minimum atomic E-state index is -1.22. The molecule has 17 heavy (non-hydrogen) atoms. The molecule has 1 fully saturated rings. The molecule has 1 aliphatic rings. The quantitative estimate of drug-likeness (QED) is 0.808. The first kappa shape index (κ1) is 12.5. The van der Waals surface area contributed by atoms with Crippen LogP contribution >= 0.6 is 0 Å². The van der Waals surface area contributed by atoms with Gasteiger partial charge in [0.15, 0.2) is 5.78 Å². The van der Waals surface area contributed by atoms with Gasteiger partial charge in [0, 0.05) is 11.3 Å². The molecule has 1 aromatic rings. The first-order valence-electron chi connectivity index (χ1n) is 6.06. The fourth-order valence-corrected chi connectivity index (χ4v) is 3.81. The predicted octanol–water partition coefficient (Wildman–Crippen LogP) is 3.00. The van der Waals surface area contributed by atoms with Crippen molar-refractivity contribution in [1.82, 2.24) is 0 Å². The number of rotatable bonds is 2. The summed E-state index contributed by atoms with van der Waals surface area (Å²) in [5.74, 6) is 0.155. The highest BCUT2D eigenvalue weighted by atomic mass is 32.2. The van der Waals surface area contributed by atoms with Crippen molar-refractivity contribution < 1.29 is 9.00 Å². The SMILES string of the molecule is Cc1ccc(S(=O)C2(C)CCCCC2=O)cc1. The summed E-state index contributed by atoms with van der Waals surface area (Å²) in [5, 5.41) is 0. The molecule has 3 heteroatoms. The van der Waals surface area contributed by atoms with Crippen molar-refractivity contribution in [2.45, 2.75) is 49.2 Å². The predicted molar refractivity (Wildman–Crippen MR) is 69.5 cm³/mol. The van der Waals surface area contributed by atoms with E-state index in [1.54, 1.807) is 0 Å². The molecule has 2 atom stereocenters. The molecular weight excluding hydrogens is 232 g/mol. The third-order valence-corrected chi connectivity index (χ3v) is 5.49. The van der Waals surface area contributed by atoms with Crippen molar-refractivity contribution >= 4 is 16.6 Å². The lowest BCUT2D eigenvalue weighted by atomic mass is 9.89. The van der Waals surface area contributed by atoms with E-state index < -0.39 is 15.5 Å². The van der Waals surface area contributed by atoms with Gasteiger partial charge in [0.25, 0.3) is 0 Å². The number of aryl methyl sites for hydroxylation is 1. The van der Waals surface area contributed by atoms with Crippen LogP contribution < -0.4 is 0 Å². The third kappa shape index (κ3) is 2.34. The molecule has 1 saturated carbocycles. The maximum atomic E-state index is 12.5. The van der Waals surface area contributed by atoms with E-state index >= 15 is 0 Å². The molecule has 2 nitrogen and oxygen atoms in total. The van der Waals surface area contributed by atoms with Crippen molar-refractivity contribution in [3.05, 3.63) is 29.8 Å². The molecule has 0 heterocycles. The Bertz CT molecular complexity index is 450. The van der Waals surface area contributed by atoms with Gasteiger partial charge in [-0.2, -0.15) is 0 Å². The van der Waals surface area contributed by atoms with Gasteiger partial charge in [-0.3, -0.25) is 9.00 Å². The third-order valence-electron chi connectivity index (χ3n) is 3.54. The molecule has 1 aliphatic carbocycles. The van der Waals surface area contributed by atoms with Crippen LogP contribution in [0.4, 0.5) is 0 Å². The van der Waals surface area contributed by atoms with E-state index in [9.17, 15) is 9.00 Å². The Morgan fingerprint density at radius 2 is 1.82 bits per heavy atom. The molecular formula is C14H18O2S. The Labute approximate surface area is 105 Å². The Hall–Kier alpha value is -0.960. The van der Waals surface area contributed by atoms with Crippen LogP contribution in [-0.4, -0.2) is 14.7 Å². The lowest BCUT2D eigenvalue weighted by molar-refractivity contribution is -0.122. The van der Waals surface area contributed by atoms with Gasteiger partial charge in [-0.05, 0) is 38.8 Å². The minimum absolute atomic E-state index is 0.155. The summed E-state index contributed by atoms with van der Waals surface area (Å²) in [6, 6.07) is 7.64. The summed E-state index contributed by atoms with van der Waals surface area (Å²) in [6.07, 6.45) is 3.26. The number of hydrogen-bond acceptors (Lipinski definition) is 2. The van der Waals surface area contributed by atoms with Gasteiger partial charge in [-0.25, -0.2) is 0 Å². The maximum Gasteiger partial charge on any atom is 0.151 e. The first-order chi connectivity index (χ1) is 8.04. The van der Waals surface area contributed by atoms with Crippen LogP contribution in [-0.2, 0) is 15.6 Å². The number of hydrogen-bond donors (Lipinski definition) is 0. The second-order valence-corrected chi connectivity index (χ2v) is 6.85. The van der Waals surface area contributed by atoms with Crippen LogP contribution in [0.15, 0.2) is 29.2 Å². The van der Waals surface area contributed by atoms with E-state index in [1.807, 2.05) is 38.1 Å². The Balaban J connectivity index is 2.30. The van der Waals surface area contributed by atoms with Gasteiger partial charge in [0.2, 0.25) is 0 Å². The molecule has 0 spiro atoms. The second-order valence-electron chi connectivity index (χ2n) is 4.94. The van der Waals surface area contributed by atoms with Crippen LogP contribution in [0.3, 0.4) is 0 Å². The second kappa shape index (κ2) is 4.73. The Kier molecular flexibility index (Phi) is 3.48. The average molecular weight is 250 g/mol. The zero-order valence-corrected chi connectivity index (χ0v) is 11.2. The topological polar surface area (TPSA) is 34.1 Å². The van der Waals surface area contributed by atoms with Crippen LogP contribution in [0.2, 0.25) is 0 Å². The molecule has 0 aliphatic heterocycles. The van der Waals surface area contributed by atoms with Crippen LogP contribution in [0.5, 0.6) is 0 Å². The van der Waals surface area contributed by atoms with Gasteiger partial charge in [0.05, 0.1) is 10.8 Å². The van der Waals surface area contributed by atoms with Crippen LogP contribution in [0, 0.1) is 6.92 Å². The van der Waals surface area contributed by atoms with Crippen LogP contribution in [0.1, 0.15) is 38.2 Å². The fraction of sp³-hybridized carbons (Fsp3) is 0.500. The molecule has 0 saturated heterocycles. The van der Waals surface area contributed by atoms with Gasteiger partial charge in [-0.1, -0.05) is 24.1 Å². The zero-order valence-electron chi connectivity index (χ0n) is 10.4. The van der Waals surface area contributed by atoms with E-state index in [2.05, 4.69) is 0 Å².